The maximum Gasteiger partial charge on any atom is 0.191 e. The summed E-state index contributed by atoms with van der Waals surface area (Å²) in [5.74, 6) is 0.854. The van der Waals surface area contributed by atoms with Gasteiger partial charge in [0.15, 0.2) is 5.05 Å². The van der Waals surface area contributed by atoms with Crippen LogP contribution in [0.1, 0.15) is 12.5 Å². The van der Waals surface area contributed by atoms with E-state index in [-0.39, 0.29) is 0 Å². The largest absolute Gasteiger partial charge is 0.494 e. The molecule has 0 bridgehead atoms. The van der Waals surface area contributed by atoms with Crippen molar-refractivity contribution in [3.63, 3.8) is 0 Å². The van der Waals surface area contributed by atoms with Crippen LogP contribution < -0.4 is 4.74 Å². The quantitative estimate of drug-likeness (QED) is 0.725. The molecule has 3 nitrogen and oxygen atoms in total. The van der Waals surface area contributed by atoms with Crippen LogP contribution in [0, 0.1) is 0 Å². The van der Waals surface area contributed by atoms with E-state index in [9.17, 15) is 0 Å². The molecule has 0 saturated carbocycles. The summed E-state index contributed by atoms with van der Waals surface area (Å²) in [6, 6.07) is 7.65. The van der Waals surface area contributed by atoms with E-state index in [1.165, 1.54) is 0 Å². The first-order valence-corrected chi connectivity index (χ1v) is 6.09. The number of rotatable bonds is 6. The first-order valence-electron chi connectivity index (χ1n) is 5.68. The van der Waals surface area contributed by atoms with Crippen molar-refractivity contribution < 1.29 is 9.47 Å². The average molecular weight is 253 g/mol. The SMILES string of the molecule is CCOc1ccc(C(=S)OCCN(C)C)cc1. The van der Waals surface area contributed by atoms with Gasteiger partial charge in [-0.1, -0.05) is 0 Å². The molecule has 0 aromatic heterocycles. The molecule has 17 heavy (non-hydrogen) atoms. The summed E-state index contributed by atoms with van der Waals surface area (Å²) in [6.07, 6.45) is 0. The zero-order chi connectivity index (χ0) is 12.7. The topological polar surface area (TPSA) is 21.7 Å². The second-order valence-electron chi connectivity index (χ2n) is 3.90. The summed E-state index contributed by atoms with van der Waals surface area (Å²) in [4.78, 5) is 2.06. The van der Waals surface area contributed by atoms with Crippen molar-refractivity contribution in [3.8, 4) is 5.75 Å². The Labute approximate surface area is 108 Å². The molecule has 0 aliphatic heterocycles. The zero-order valence-corrected chi connectivity index (χ0v) is 11.4. The van der Waals surface area contributed by atoms with Crippen LogP contribution in [-0.2, 0) is 4.74 Å². The molecule has 0 aliphatic carbocycles. The van der Waals surface area contributed by atoms with E-state index >= 15 is 0 Å². The lowest BCUT2D eigenvalue weighted by molar-refractivity contribution is 0.257. The summed E-state index contributed by atoms with van der Waals surface area (Å²) in [6.45, 7) is 4.10. The molecular formula is C13H19NO2S. The van der Waals surface area contributed by atoms with E-state index < -0.39 is 0 Å². The van der Waals surface area contributed by atoms with Gasteiger partial charge in [0.2, 0.25) is 0 Å². The summed E-state index contributed by atoms with van der Waals surface area (Å²) in [5.41, 5.74) is 0.919. The molecule has 0 heterocycles. The highest BCUT2D eigenvalue weighted by Crippen LogP contribution is 2.13. The number of hydrogen-bond donors (Lipinski definition) is 0. The smallest absolute Gasteiger partial charge is 0.191 e. The number of thiocarbonyl (C=S) groups is 1. The van der Waals surface area contributed by atoms with Crippen molar-refractivity contribution in [2.24, 2.45) is 0 Å². The average Bonchev–Trinajstić information content (AvgIpc) is 2.30. The fourth-order valence-corrected chi connectivity index (χ4v) is 1.48. The molecule has 0 spiro atoms. The number of hydrogen-bond acceptors (Lipinski definition) is 4. The van der Waals surface area contributed by atoms with E-state index in [2.05, 4.69) is 4.90 Å². The minimum Gasteiger partial charge on any atom is -0.494 e. The van der Waals surface area contributed by atoms with Gasteiger partial charge in [0.05, 0.1) is 6.61 Å². The van der Waals surface area contributed by atoms with Gasteiger partial charge < -0.3 is 14.4 Å². The van der Waals surface area contributed by atoms with Crippen molar-refractivity contribution in [1.82, 2.24) is 4.90 Å². The normalized spacial score (nSPS) is 10.4. The molecule has 1 rings (SSSR count). The standard InChI is InChI=1S/C13H19NO2S/c1-4-15-12-7-5-11(6-8-12)13(17)16-10-9-14(2)3/h5-8H,4,9-10H2,1-3H3. The lowest BCUT2D eigenvalue weighted by atomic mass is 10.2. The van der Waals surface area contributed by atoms with Crippen molar-refractivity contribution in [2.45, 2.75) is 6.92 Å². The number of nitrogens with zero attached hydrogens (tertiary/aromatic N) is 1. The molecule has 0 fully saturated rings. The Bertz CT molecular complexity index is 349. The Kier molecular flexibility index (Phi) is 5.94. The van der Waals surface area contributed by atoms with Crippen LogP contribution >= 0.6 is 12.2 Å². The predicted molar refractivity (Wildman–Crippen MR) is 73.8 cm³/mol. The highest BCUT2D eigenvalue weighted by atomic mass is 32.1. The molecule has 0 unspecified atom stereocenters. The number of likely N-dealkylation sites (N-methyl/N-ethyl adjacent to an activating group) is 1. The van der Waals surface area contributed by atoms with Gasteiger partial charge in [-0.2, -0.15) is 0 Å². The molecule has 4 heteroatoms. The lowest BCUT2D eigenvalue weighted by Crippen LogP contribution is -2.19. The molecule has 0 atom stereocenters. The third-order valence-electron chi connectivity index (χ3n) is 2.17. The Morgan fingerprint density at radius 1 is 1.24 bits per heavy atom. The molecule has 1 aromatic rings. The van der Waals surface area contributed by atoms with Gasteiger partial charge in [-0.25, -0.2) is 0 Å². The van der Waals surface area contributed by atoms with E-state index in [1.54, 1.807) is 0 Å². The number of benzene rings is 1. The third kappa shape index (κ3) is 5.15. The number of ether oxygens (including phenoxy) is 2. The van der Waals surface area contributed by atoms with E-state index in [0.29, 0.717) is 18.3 Å². The highest BCUT2D eigenvalue weighted by molar-refractivity contribution is 7.80. The lowest BCUT2D eigenvalue weighted by Gasteiger charge is -2.12. The van der Waals surface area contributed by atoms with Gasteiger partial charge >= 0.3 is 0 Å². The van der Waals surface area contributed by atoms with Crippen LogP contribution in [0.5, 0.6) is 5.75 Å². The van der Waals surface area contributed by atoms with Crippen LogP contribution in [0.15, 0.2) is 24.3 Å². The minimum atomic E-state index is 0.537. The second-order valence-corrected chi connectivity index (χ2v) is 4.27. The fraction of sp³-hybridized carbons (Fsp3) is 0.462. The van der Waals surface area contributed by atoms with Gasteiger partial charge in [0.25, 0.3) is 0 Å². The molecule has 0 amide bonds. The molecular weight excluding hydrogens is 234 g/mol. The Morgan fingerprint density at radius 3 is 2.41 bits per heavy atom. The Balaban J connectivity index is 2.46. The van der Waals surface area contributed by atoms with Gasteiger partial charge in [0.1, 0.15) is 12.4 Å². The van der Waals surface area contributed by atoms with Gasteiger partial charge in [0, 0.05) is 12.1 Å². The second kappa shape index (κ2) is 7.25. The van der Waals surface area contributed by atoms with Gasteiger partial charge in [-0.05, 0) is 57.5 Å². The molecule has 1 aromatic carbocycles. The maximum absolute atomic E-state index is 5.49. The van der Waals surface area contributed by atoms with E-state index in [0.717, 1.165) is 17.9 Å². The maximum atomic E-state index is 5.49. The van der Waals surface area contributed by atoms with Crippen molar-refractivity contribution >= 4 is 17.3 Å². The Morgan fingerprint density at radius 2 is 1.88 bits per heavy atom. The Hall–Kier alpha value is -1.13. The molecule has 0 aliphatic rings. The van der Waals surface area contributed by atoms with Gasteiger partial charge in [-0.15, -0.1) is 0 Å². The molecule has 94 valence electrons. The van der Waals surface area contributed by atoms with Crippen LogP contribution in [-0.4, -0.2) is 43.8 Å². The van der Waals surface area contributed by atoms with E-state index in [1.807, 2.05) is 45.3 Å². The summed E-state index contributed by atoms with van der Waals surface area (Å²) in [7, 11) is 4.01. The van der Waals surface area contributed by atoms with Crippen molar-refractivity contribution in [2.75, 3.05) is 33.9 Å². The van der Waals surface area contributed by atoms with Crippen LogP contribution in [0.25, 0.3) is 0 Å². The predicted octanol–water partition coefficient (Wildman–Crippen LogP) is 2.34. The molecule has 0 saturated heterocycles. The summed E-state index contributed by atoms with van der Waals surface area (Å²) >= 11 is 5.20. The van der Waals surface area contributed by atoms with Crippen LogP contribution in [0.4, 0.5) is 0 Å². The minimum absolute atomic E-state index is 0.537. The first-order chi connectivity index (χ1) is 8.13. The van der Waals surface area contributed by atoms with Crippen molar-refractivity contribution in [1.29, 1.82) is 0 Å². The third-order valence-corrected chi connectivity index (χ3v) is 2.53. The first kappa shape index (κ1) is 13.9. The summed E-state index contributed by atoms with van der Waals surface area (Å²) in [5, 5.41) is 0.537. The fourth-order valence-electron chi connectivity index (χ4n) is 1.26. The summed E-state index contributed by atoms with van der Waals surface area (Å²) < 4.78 is 10.9. The van der Waals surface area contributed by atoms with Crippen LogP contribution in [0.3, 0.4) is 0 Å². The van der Waals surface area contributed by atoms with Crippen molar-refractivity contribution in [3.05, 3.63) is 29.8 Å². The van der Waals surface area contributed by atoms with Crippen LogP contribution in [0.2, 0.25) is 0 Å². The zero-order valence-electron chi connectivity index (χ0n) is 10.6. The van der Waals surface area contributed by atoms with Gasteiger partial charge in [-0.3, -0.25) is 0 Å². The molecule has 0 radical (unpaired) electrons. The molecule has 0 N–H and O–H groups in total. The highest BCUT2D eigenvalue weighted by Gasteiger charge is 2.03. The van der Waals surface area contributed by atoms with E-state index in [4.69, 9.17) is 21.7 Å². The monoisotopic (exact) mass is 253 g/mol.